The molecule has 1 aromatic carbocycles. The van der Waals surface area contributed by atoms with Crippen LogP contribution in [0.2, 0.25) is 5.02 Å². The van der Waals surface area contributed by atoms with Gasteiger partial charge in [-0.1, -0.05) is 23.2 Å². The molecule has 0 fully saturated rings. The SMILES string of the molecule is Cc1cc(C)c(Cl)c(-c2n[nH]nc2C(N)=O)c1. The molecule has 5 nitrogen and oxygen atoms in total. The normalized spacial score (nSPS) is 10.5. The highest BCUT2D eigenvalue weighted by Gasteiger charge is 2.18. The number of aromatic nitrogens is 3. The second-order valence-corrected chi connectivity index (χ2v) is 4.21. The van der Waals surface area contributed by atoms with Gasteiger partial charge in [0.1, 0.15) is 5.69 Å². The van der Waals surface area contributed by atoms with Crippen molar-refractivity contribution in [3.63, 3.8) is 0 Å². The van der Waals surface area contributed by atoms with E-state index in [1.165, 1.54) is 0 Å². The summed E-state index contributed by atoms with van der Waals surface area (Å²) >= 11 is 6.20. The van der Waals surface area contributed by atoms with E-state index in [0.29, 0.717) is 16.3 Å². The lowest BCUT2D eigenvalue weighted by molar-refractivity contribution is 0.0996. The van der Waals surface area contributed by atoms with Gasteiger partial charge in [-0.15, -0.1) is 0 Å². The number of carbonyl (C=O) groups excluding carboxylic acids is 1. The molecular weight excluding hydrogens is 240 g/mol. The van der Waals surface area contributed by atoms with Crippen molar-refractivity contribution in [2.45, 2.75) is 13.8 Å². The molecule has 0 spiro atoms. The van der Waals surface area contributed by atoms with E-state index in [0.717, 1.165) is 11.1 Å². The van der Waals surface area contributed by atoms with Crippen LogP contribution in [0.4, 0.5) is 0 Å². The smallest absolute Gasteiger partial charge is 0.271 e. The molecule has 3 N–H and O–H groups in total. The number of aryl methyl sites for hydroxylation is 2. The maximum Gasteiger partial charge on any atom is 0.271 e. The molecule has 0 radical (unpaired) electrons. The number of hydrogen-bond donors (Lipinski definition) is 2. The topological polar surface area (TPSA) is 84.7 Å². The van der Waals surface area contributed by atoms with Crippen LogP contribution >= 0.6 is 11.6 Å². The number of nitrogens with one attached hydrogen (secondary N) is 1. The molecule has 1 amide bonds. The lowest BCUT2D eigenvalue weighted by Gasteiger charge is -2.06. The third-order valence-electron chi connectivity index (χ3n) is 2.44. The number of H-pyrrole nitrogens is 1. The summed E-state index contributed by atoms with van der Waals surface area (Å²) in [6, 6.07) is 3.80. The summed E-state index contributed by atoms with van der Waals surface area (Å²) < 4.78 is 0. The Balaban J connectivity index is 2.68. The van der Waals surface area contributed by atoms with Gasteiger partial charge >= 0.3 is 0 Å². The summed E-state index contributed by atoms with van der Waals surface area (Å²) in [5, 5.41) is 10.6. The van der Waals surface area contributed by atoms with E-state index in [2.05, 4.69) is 15.4 Å². The van der Waals surface area contributed by atoms with Crippen LogP contribution in [0.1, 0.15) is 21.6 Å². The van der Waals surface area contributed by atoms with Crippen LogP contribution in [0.3, 0.4) is 0 Å². The molecule has 0 atom stereocenters. The van der Waals surface area contributed by atoms with Gasteiger partial charge in [-0.25, -0.2) is 0 Å². The molecule has 0 saturated carbocycles. The summed E-state index contributed by atoms with van der Waals surface area (Å²) in [4.78, 5) is 11.2. The van der Waals surface area contributed by atoms with Crippen molar-refractivity contribution in [2.24, 2.45) is 5.73 Å². The lowest BCUT2D eigenvalue weighted by Crippen LogP contribution is -2.12. The molecule has 0 unspecified atom stereocenters. The van der Waals surface area contributed by atoms with Crippen LogP contribution in [0.25, 0.3) is 11.3 Å². The van der Waals surface area contributed by atoms with E-state index in [9.17, 15) is 4.79 Å². The number of aromatic amines is 1. The van der Waals surface area contributed by atoms with Crippen molar-refractivity contribution in [1.82, 2.24) is 15.4 Å². The first-order chi connectivity index (χ1) is 8.00. The average molecular weight is 251 g/mol. The maximum atomic E-state index is 11.2. The predicted molar refractivity (Wildman–Crippen MR) is 64.8 cm³/mol. The van der Waals surface area contributed by atoms with Gasteiger partial charge in [0.05, 0.1) is 5.02 Å². The van der Waals surface area contributed by atoms with Crippen molar-refractivity contribution in [3.8, 4) is 11.3 Å². The Morgan fingerprint density at radius 2 is 2.06 bits per heavy atom. The van der Waals surface area contributed by atoms with Gasteiger partial charge in [-0.2, -0.15) is 15.4 Å². The van der Waals surface area contributed by atoms with Crippen molar-refractivity contribution in [2.75, 3.05) is 0 Å². The molecule has 0 aliphatic heterocycles. The number of benzene rings is 1. The predicted octanol–water partition coefficient (Wildman–Crippen LogP) is 1.84. The Morgan fingerprint density at radius 3 is 2.71 bits per heavy atom. The van der Waals surface area contributed by atoms with Crippen LogP contribution in [0, 0.1) is 13.8 Å². The molecular formula is C11H11ClN4O. The number of rotatable bonds is 2. The number of amides is 1. The lowest BCUT2D eigenvalue weighted by atomic mass is 10.0. The molecule has 0 saturated heterocycles. The number of nitrogens with zero attached hydrogens (tertiary/aromatic N) is 2. The van der Waals surface area contributed by atoms with Crippen LogP contribution in [-0.4, -0.2) is 21.3 Å². The van der Waals surface area contributed by atoms with Crippen molar-refractivity contribution < 1.29 is 4.79 Å². The summed E-state index contributed by atoms with van der Waals surface area (Å²) in [6.45, 7) is 3.83. The van der Waals surface area contributed by atoms with E-state index in [1.54, 1.807) is 0 Å². The number of primary amides is 1. The number of halogens is 1. The molecule has 0 aliphatic rings. The second-order valence-electron chi connectivity index (χ2n) is 3.83. The highest BCUT2D eigenvalue weighted by Crippen LogP contribution is 2.31. The molecule has 6 heteroatoms. The summed E-state index contributed by atoms with van der Waals surface area (Å²) in [5.41, 5.74) is 8.30. The molecule has 2 rings (SSSR count). The van der Waals surface area contributed by atoms with Crippen LogP contribution in [0.5, 0.6) is 0 Å². The Kier molecular flexibility index (Phi) is 2.85. The van der Waals surface area contributed by atoms with Crippen LogP contribution in [-0.2, 0) is 0 Å². The number of carbonyl (C=O) groups is 1. The minimum Gasteiger partial charge on any atom is -0.364 e. The van der Waals surface area contributed by atoms with E-state index in [1.807, 2.05) is 26.0 Å². The van der Waals surface area contributed by atoms with Gasteiger partial charge < -0.3 is 5.73 Å². The minimum absolute atomic E-state index is 0.0944. The number of nitrogens with two attached hydrogens (primary N) is 1. The first-order valence-electron chi connectivity index (χ1n) is 4.98. The second kappa shape index (κ2) is 4.18. The molecule has 88 valence electrons. The van der Waals surface area contributed by atoms with Gasteiger partial charge in [-0.3, -0.25) is 4.79 Å². The summed E-state index contributed by atoms with van der Waals surface area (Å²) in [5.74, 6) is -0.635. The van der Waals surface area contributed by atoms with Gasteiger partial charge in [0.25, 0.3) is 5.91 Å². The third-order valence-corrected chi connectivity index (χ3v) is 2.94. The fourth-order valence-corrected chi connectivity index (χ4v) is 1.91. The van der Waals surface area contributed by atoms with Crippen molar-refractivity contribution in [3.05, 3.63) is 34.0 Å². The minimum atomic E-state index is -0.635. The van der Waals surface area contributed by atoms with Crippen LogP contribution in [0.15, 0.2) is 12.1 Å². The fourth-order valence-electron chi connectivity index (χ4n) is 1.71. The quantitative estimate of drug-likeness (QED) is 0.853. The van der Waals surface area contributed by atoms with E-state index < -0.39 is 5.91 Å². The van der Waals surface area contributed by atoms with Crippen molar-refractivity contribution >= 4 is 17.5 Å². The van der Waals surface area contributed by atoms with Gasteiger partial charge in [0.15, 0.2) is 5.69 Å². The van der Waals surface area contributed by atoms with E-state index >= 15 is 0 Å². The third kappa shape index (κ3) is 2.01. The largest absolute Gasteiger partial charge is 0.364 e. The standard InChI is InChI=1S/C11H11ClN4O/c1-5-3-6(2)8(12)7(4-5)9-10(11(13)17)15-16-14-9/h3-4H,1-2H3,(H2,13,17)(H,14,15,16). The molecule has 0 aliphatic carbocycles. The van der Waals surface area contributed by atoms with E-state index in [-0.39, 0.29) is 5.69 Å². The highest BCUT2D eigenvalue weighted by atomic mass is 35.5. The molecule has 2 aromatic rings. The molecule has 1 heterocycles. The van der Waals surface area contributed by atoms with Gasteiger partial charge in [-0.05, 0) is 25.5 Å². The van der Waals surface area contributed by atoms with Crippen molar-refractivity contribution in [1.29, 1.82) is 0 Å². The number of hydrogen-bond acceptors (Lipinski definition) is 3. The molecule has 1 aromatic heterocycles. The zero-order valence-corrected chi connectivity index (χ0v) is 10.2. The Bertz CT molecular complexity index is 591. The first-order valence-corrected chi connectivity index (χ1v) is 5.36. The monoisotopic (exact) mass is 250 g/mol. The summed E-state index contributed by atoms with van der Waals surface area (Å²) in [6.07, 6.45) is 0. The highest BCUT2D eigenvalue weighted by molar-refractivity contribution is 6.34. The zero-order chi connectivity index (χ0) is 12.6. The Labute approximate surface area is 103 Å². The Hall–Kier alpha value is -1.88. The average Bonchev–Trinajstić information content (AvgIpc) is 2.72. The van der Waals surface area contributed by atoms with Gasteiger partial charge in [0, 0.05) is 5.56 Å². The van der Waals surface area contributed by atoms with Crippen LogP contribution < -0.4 is 5.73 Å². The first kappa shape index (κ1) is 11.6. The van der Waals surface area contributed by atoms with Gasteiger partial charge in [0.2, 0.25) is 0 Å². The summed E-state index contributed by atoms with van der Waals surface area (Å²) in [7, 11) is 0. The van der Waals surface area contributed by atoms with E-state index in [4.69, 9.17) is 17.3 Å². The zero-order valence-electron chi connectivity index (χ0n) is 9.41. The Morgan fingerprint density at radius 1 is 1.35 bits per heavy atom. The molecule has 17 heavy (non-hydrogen) atoms. The molecule has 0 bridgehead atoms. The maximum absolute atomic E-state index is 11.2. The fraction of sp³-hybridized carbons (Fsp3) is 0.182.